The normalized spacial score (nSPS) is 19.6. The highest BCUT2D eigenvalue weighted by Crippen LogP contribution is 2.25. The molecule has 1 atom stereocenters. The number of carbonyl (C=O) groups is 1. The third-order valence-electron chi connectivity index (χ3n) is 3.59. The van der Waals surface area contributed by atoms with Crippen molar-refractivity contribution in [3.63, 3.8) is 0 Å². The van der Waals surface area contributed by atoms with Crippen LogP contribution in [-0.4, -0.2) is 17.4 Å². The van der Waals surface area contributed by atoms with Crippen LogP contribution in [0.25, 0.3) is 0 Å². The molecule has 98 valence electrons. The van der Waals surface area contributed by atoms with Crippen LogP contribution in [0.2, 0.25) is 5.02 Å². The van der Waals surface area contributed by atoms with E-state index in [2.05, 4.69) is 6.92 Å². The van der Waals surface area contributed by atoms with Crippen molar-refractivity contribution in [2.75, 3.05) is 6.54 Å². The van der Waals surface area contributed by atoms with Crippen molar-refractivity contribution in [2.24, 2.45) is 11.7 Å². The predicted octanol–water partition coefficient (Wildman–Crippen LogP) is 2.56. The van der Waals surface area contributed by atoms with Crippen LogP contribution in [0.15, 0.2) is 18.2 Å². The highest BCUT2D eigenvalue weighted by Gasteiger charge is 2.28. The molecule has 1 amide bonds. The van der Waals surface area contributed by atoms with E-state index in [1.54, 1.807) is 0 Å². The second-order valence-electron chi connectivity index (χ2n) is 4.88. The third kappa shape index (κ3) is 2.85. The molecule has 3 nitrogen and oxygen atoms in total. The van der Waals surface area contributed by atoms with Gasteiger partial charge in [-0.2, -0.15) is 0 Å². The van der Waals surface area contributed by atoms with Crippen molar-refractivity contribution in [3.8, 4) is 0 Å². The summed E-state index contributed by atoms with van der Waals surface area (Å²) in [5, 5.41) is 0.700. The van der Waals surface area contributed by atoms with Gasteiger partial charge >= 0.3 is 0 Å². The number of benzene rings is 1. The van der Waals surface area contributed by atoms with Crippen LogP contribution in [0.5, 0.6) is 0 Å². The number of likely N-dealkylation sites (tertiary alicyclic amines) is 1. The second kappa shape index (κ2) is 5.72. The van der Waals surface area contributed by atoms with Gasteiger partial charge < -0.3 is 10.6 Å². The molecule has 1 aromatic carbocycles. The van der Waals surface area contributed by atoms with Gasteiger partial charge in [-0.1, -0.05) is 37.1 Å². The van der Waals surface area contributed by atoms with E-state index in [1.807, 2.05) is 23.1 Å². The van der Waals surface area contributed by atoms with E-state index in [0.29, 0.717) is 30.5 Å². The largest absolute Gasteiger partial charge is 0.338 e. The molecular weight excluding hydrogens is 248 g/mol. The zero-order valence-electron chi connectivity index (χ0n) is 10.7. The monoisotopic (exact) mass is 266 g/mol. The summed E-state index contributed by atoms with van der Waals surface area (Å²) in [4.78, 5) is 13.7. The fourth-order valence-corrected chi connectivity index (χ4v) is 2.59. The van der Waals surface area contributed by atoms with Gasteiger partial charge in [-0.3, -0.25) is 4.79 Å². The lowest BCUT2D eigenvalue weighted by molar-refractivity contribution is -0.128. The lowest BCUT2D eigenvalue weighted by Crippen LogP contribution is -2.24. The van der Waals surface area contributed by atoms with Gasteiger partial charge in [0.15, 0.2) is 0 Å². The van der Waals surface area contributed by atoms with Crippen molar-refractivity contribution < 1.29 is 4.79 Å². The molecule has 18 heavy (non-hydrogen) atoms. The zero-order chi connectivity index (χ0) is 13.1. The number of nitrogens with two attached hydrogens (primary N) is 1. The molecule has 1 saturated heterocycles. The minimum absolute atomic E-state index is 0.237. The number of nitrogens with zero attached hydrogens (tertiary/aromatic N) is 1. The first-order valence-electron chi connectivity index (χ1n) is 6.39. The summed E-state index contributed by atoms with van der Waals surface area (Å²) >= 11 is 6.21. The van der Waals surface area contributed by atoms with Crippen molar-refractivity contribution in [1.29, 1.82) is 0 Å². The van der Waals surface area contributed by atoms with E-state index in [0.717, 1.165) is 24.1 Å². The summed E-state index contributed by atoms with van der Waals surface area (Å²) in [6.07, 6.45) is 1.73. The van der Waals surface area contributed by atoms with Gasteiger partial charge in [0.2, 0.25) is 5.91 Å². The van der Waals surface area contributed by atoms with Crippen molar-refractivity contribution in [3.05, 3.63) is 34.3 Å². The second-order valence-corrected chi connectivity index (χ2v) is 5.29. The third-order valence-corrected chi connectivity index (χ3v) is 3.94. The Bertz CT molecular complexity index is 447. The quantitative estimate of drug-likeness (QED) is 0.910. The molecule has 2 N–H and O–H groups in total. The van der Waals surface area contributed by atoms with Crippen molar-refractivity contribution in [1.82, 2.24) is 4.90 Å². The van der Waals surface area contributed by atoms with Gasteiger partial charge in [-0.25, -0.2) is 0 Å². The first-order chi connectivity index (χ1) is 8.63. The molecule has 1 aromatic rings. The summed E-state index contributed by atoms with van der Waals surface area (Å²) < 4.78 is 0. The van der Waals surface area contributed by atoms with Crippen LogP contribution in [0.4, 0.5) is 0 Å². The maximum atomic E-state index is 11.8. The minimum atomic E-state index is 0.237. The highest BCUT2D eigenvalue weighted by atomic mass is 35.5. The van der Waals surface area contributed by atoms with Gasteiger partial charge in [0.1, 0.15) is 0 Å². The van der Waals surface area contributed by atoms with Crippen LogP contribution in [-0.2, 0) is 17.9 Å². The molecular formula is C14H19ClN2O. The molecule has 0 spiro atoms. The number of halogens is 1. The SMILES string of the molecule is CCC1CC(=O)N(Cc2ccc(CN)cc2Cl)C1. The number of amides is 1. The fraction of sp³-hybridized carbons (Fsp3) is 0.500. The van der Waals surface area contributed by atoms with Crippen LogP contribution < -0.4 is 5.73 Å². The molecule has 1 aliphatic rings. The molecule has 4 heteroatoms. The molecule has 0 bridgehead atoms. The highest BCUT2D eigenvalue weighted by molar-refractivity contribution is 6.31. The van der Waals surface area contributed by atoms with Gasteiger partial charge in [0.05, 0.1) is 0 Å². The van der Waals surface area contributed by atoms with Crippen LogP contribution in [0.3, 0.4) is 0 Å². The molecule has 0 aliphatic carbocycles. The molecule has 0 saturated carbocycles. The smallest absolute Gasteiger partial charge is 0.223 e. The number of hydrogen-bond donors (Lipinski definition) is 1. The van der Waals surface area contributed by atoms with Crippen LogP contribution >= 0.6 is 11.6 Å². The van der Waals surface area contributed by atoms with Crippen molar-refractivity contribution in [2.45, 2.75) is 32.9 Å². The van der Waals surface area contributed by atoms with Crippen LogP contribution in [0.1, 0.15) is 30.9 Å². The van der Waals surface area contributed by atoms with E-state index >= 15 is 0 Å². The summed E-state index contributed by atoms with van der Waals surface area (Å²) in [7, 11) is 0. The number of rotatable bonds is 4. The molecule has 1 unspecified atom stereocenters. The Morgan fingerprint density at radius 1 is 1.50 bits per heavy atom. The van der Waals surface area contributed by atoms with E-state index in [1.165, 1.54) is 0 Å². The first-order valence-corrected chi connectivity index (χ1v) is 6.77. The van der Waals surface area contributed by atoms with E-state index in [4.69, 9.17) is 17.3 Å². The molecule has 0 radical (unpaired) electrons. The Hall–Kier alpha value is -1.06. The number of hydrogen-bond acceptors (Lipinski definition) is 2. The summed E-state index contributed by atoms with van der Waals surface area (Å²) in [5.74, 6) is 0.736. The van der Waals surface area contributed by atoms with Gasteiger partial charge in [-0.05, 0) is 23.1 Å². The molecule has 1 aliphatic heterocycles. The topological polar surface area (TPSA) is 46.3 Å². The standard InChI is InChI=1S/C14H19ClN2O/c1-2-10-6-14(18)17(8-10)9-12-4-3-11(7-16)5-13(12)15/h3-5,10H,2,6-9,16H2,1H3. The average Bonchev–Trinajstić information content (AvgIpc) is 2.72. The van der Waals surface area contributed by atoms with Gasteiger partial charge in [0.25, 0.3) is 0 Å². The maximum Gasteiger partial charge on any atom is 0.223 e. The summed E-state index contributed by atoms with van der Waals surface area (Å²) in [6, 6.07) is 5.82. The molecule has 0 aromatic heterocycles. The van der Waals surface area contributed by atoms with Crippen LogP contribution in [0, 0.1) is 5.92 Å². The Kier molecular flexibility index (Phi) is 4.25. The maximum absolute atomic E-state index is 11.8. The lowest BCUT2D eigenvalue weighted by Gasteiger charge is -2.17. The molecule has 1 heterocycles. The van der Waals surface area contributed by atoms with Gasteiger partial charge in [-0.15, -0.1) is 0 Å². The average molecular weight is 267 g/mol. The minimum Gasteiger partial charge on any atom is -0.338 e. The first kappa shape index (κ1) is 13.4. The fourth-order valence-electron chi connectivity index (χ4n) is 2.33. The van der Waals surface area contributed by atoms with Crippen molar-refractivity contribution >= 4 is 17.5 Å². The molecule has 1 fully saturated rings. The summed E-state index contributed by atoms with van der Waals surface area (Å²) in [6.45, 7) is 4.08. The molecule has 2 rings (SSSR count). The summed E-state index contributed by atoms with van der Waals surface area (Å²) in [5.41, 5.74) is 7.58. The zero-order valence-corrected chi connectivity index (χ0v) is 11.4. The Balaban J connectivity index is 2.08. The number of carbonyl (C=O) groups excluding carboxylic acids is 1. The van der Waals surface area contributed by atoms with E-state index in [9.17, 15) is 4.79 Å². The predicted molar refractivity (Wildman–Crippen MR) is 73.2 cm³/mol. The Labute approximate surface area is 113 Å². The lowest BCUT2D eigenvalue weighted by atomic mass is 10.1. The Morgan fingerprint density at radius 2 is 2.28 bits per heavy atom. The van der Waals surface area contributed by atoms with E-state index in [-0.39, 0.29) is 5.91 Å². The van der Waals surface area contributed by atoms with Gasteiger partial charge in [0, 0.05) is 31.1 Å². The van der Waals surface area contributed by atoms with E-state index < -0.39 is 0 Å². The Morgan fingerprint density at radius 3 is 2.83 bits per heavy atom.